The summed E-state index contributed by atoms with van der Waals surface area (Å²) in [5.41, 5.74) is 10.1. The van der Waals surface area contributed by atoms with Crippen LogP contribution >= 0.6 is 12.2 Å². The summed E-state index contributed by atoms with van der Waals surface area (Å²) < 4.78 is 19.6. The number of para-hydroxylation sites is 1. The van der Waals surface area contributed by atoms with Gasteiger partial charge in [-0.05, 0) is 97.2 Å². The average molecular weight is 757 g/mol. The zero-order valence-corrected chi connectivity index (χ0v) is 32.1. The van der Waals surface area contributed by atoms with E-state index in [0.29, 0.717) is 18.3 Å². The molecule has 2 saturated heterocycles. The van der Waals surface area contributed by atoms with Crippen LogP contribution < -0.4 is 20.9 Å². The lowest BCUT2D eigenvalue weighted by atomic mass is 9.93. The molecule has 3 aromatic carbocycles. The number of amides is 2. The minimum absolute atomic E-state index is 0.224. The summed E-state index contributed by atoms with van der Waals surface area (Å²) in [6.07, 6.45) is 5.17. The molecule has 12 nitrogen and oxygen atoms in total. The van der Waals surface area contributed by atoms with Gasteiger partial charge in [0.05, 0.1) is 16.4 Å². The summed E-state index contributed by atoms with van der Waals surface area (Å²) >= 11 is 6.17. The van der Waals surface area contributed by atoms with E-state index in [2.05, 4.69) is 81.0 Å². The highest BCUT2D eigenvalue weighted by atomic mass is 32.1. The number of imide groups is 1. The van der Waals surface area contributed by atoms with Crippen molar-refractivity contribution in [1.29, 1.82) is 0 Å². The third kappa shape index (κ3) is 6.91. The molecule has 4 aliphatic rings. The van der Waals surface area contributed by atoms with Crippen molar-refractivity contribution in [3.8, 4) is 0 Å². The second-order valence-electron chi connectivity index (χ2n) is 15.2. The van der Waals surface area contributed by atoms with Crippen molar-refractivity contribution >= 4 is 68.9 Å². The van der Waals surface area contributed by atoms with Crippen LogP contribution in [0.5, 0.6) is 0 Å². The summed E-state index contributed by atoms with van der Waals surface area (Å²) in [6, 6.07) is 18.0. The minimum Gasteiger partial charge on any atom is -0.371 e. The van der Waals surface area contributed by atoms with Gasteiger partial charge in [0.1, 0.15) is 0 Å². The van der Waals surface area contributed by atoms with Crippen LogP contribution in [0.25, 0.3) is 11.0 Å². The van der Waals surface area contributed by atoms with Crippen LogP contribution in [0, 0.1) is 19.8 Å². The lowest BCUT2D eigenvalue weighted by Crippen LogP contribution is -2.50. The van der Waals surface area contributed by atoms with E-state index in [-0.39, 0.29) is 12.3 Å². The summed E-state index contributed by atoms with van der Waals surface area (Å²) in [6.45, 7) is 5.84. The molecule has 2 aromatic heterocycles. The molecule has 3 unspecified atom stereocenters. The molecule has 5 aromatic rings. The van der Waals surface area contributed by atoms with E-state index in [9.17, 15) is 9.59 Å². The van der Waals surface area contributed by atoms with E-state index in [1.807, 2.05) is 31.4 Å². The highest BCUT2D eigenvalue weighted by Crippen LogP contribution is 2.34. The van der Waals surface area contributed by atoms with Gasteiger partial charge >= 0.3 is 0 Å². The van der Waals surface area contributed by atoms with Crippen molar-refractivity contribution in [2.45, 2.75) is 71.6 Å². The minimum atomic E-state index is -0.837. The van der Waals surface area contributed by atoms with E-state index in [4.69, 9.17) is 25.0 Å². The van der Waals surface area contributed by atoms with Crippen LogP contribution in [-0.2, 0) is 42.6 Å². The molecule has 6 heterocycles. The Balaban J connectivity index is 0.827. The van der Waals surface area contributed by atoms with E-state index in [1.165, 1.54) is 11.1 Å². The molecule has 282 valence electrons. The first-order chi connectivity index (χ1) is 27.5. The lowest BCUT2D eigenvalue weighted by molar-refractivity contribution is -0.137. The number of carbonyl (C=O) groups excluding carboxylic acids is 2. The molecule has 0 bridgehead atoms. The second kappa shape index (κ2) is 14.3. The van der Waals surface area contributed by atoms with E-state index >= 15 is 0 Å². The maximum absolute atomic E-state index is 12.6. The van der Waals surface area contributed by atoms with Gasteiger partial charge in [0.25, 0.3) is 0 Å². The SMILES string of the molecule is [2H]C1c2ccc(N3CCC(C(=S)N4CCc5ccc(Nc6ncc7c(Nc8c(C)cccc8C)nn(C)c7n6)cc5C4)CC3)cc2C([2H])N1C1CCC(=O)NC1=O. The molecule has 0 spiro atoms. The van der Waals surface area contributed by atoms with Crippen LogP contribution in [0.1, 0.15) is 61.8 Å². The summed E-state index contributed by atoms with van der Waals surface area (Å²) in [5.74, 6) is 0.821. The van der Waals surface area contributed by atoms with Gasteiger partial charge in [-0.3, -0.25) is 19.8 Å². The van der Waals surface area contributed by atoms with Crippen LogP contribution in [0.2, 0.25) is 0 Å². The van der Waals surface area contributed by atoms with Gasteiger partial charge in [0.15, 0.2) is 11.5 Å². The molecular formula is C42H46N10O2S. The maximum Gasteiger partial charge on any atom is 0.243 e. The topological polar surface area (TPSA) is 124 Å². The average Bonchev–Trinajstić information content (AvgIpc) is 3.65. The standard InChI is InChI=1S/C42H46N10O2S/c1-25-5-4-6-26(2)37(25)46-38-34-21-43-42(47-39(34)49(3)48-38)44-32-9-7-27-13-18-51(23-30(27)19-32)41(55)28-14-16-50(17-15-28)33-10-8-29-22-52(24-31(29)20-33)35-11-12-36(53)45-40(35)54/h4-10,19-21,28,35H,11-18,22-24H2,1-3H3,(H,46,48)(H,43,44,47)(H,45,53,54)/i22D,24D. The predicted octanol–water partition coefficient (Wildman–Crippen LogP) is 6.19. The van der Waals surface area contributed by atoms with Crippen LogP contribution in [0.4, 0.5) is 28.8 Å². The first-order valence-corrected chi connectivity index (χ1v) is 19.5. The molecule has 55 heavy (non-hydrogen) atoms. The number of anilines is 5. The number of piperidine rings is 2. The van der Waals surface area contributed by atoms with Gasteiger partial charge in [0.2, 0.25) is 17.8 Å². The van der Waals surface area contributed by atoms with Crippen LogP contribution in [0.3, 0.4) is 0 Å². The van der Waals surface area contributed by atoms with E-state index in [1.54, 1.807) is 9.58 Å². The number of nitrogens with one attached hydrogen (secondary N) is 3. The first-order valence-electron chi connectivity index (χ1n) is 20.2. The largest absolute Gasteiger partial charge is 0.371 e. The monoisotopic (exact) mass is 756 g/mol. The Morgan fingerprint density at radius 3 is 2.49 bits per heavy atom. The molecule has 13 heteroatoms. The number of benzene rings is 3. The van der Waals surface area contributed by atoms with Gasteiger partial charge in [-0.15, -0.1) is 0 Å². The molecule has 2 amide bonds. The van der Waals surface area contributed by atoms with E-state index < -0.39 is 25.0 Å². The number of thiocarbonyl (C=S) groups is 1. The summed E-state index contributed by atoms with van der Waals surface area (Å²) in [5, 5.41) is 14.9. The number of fused-ring (bicyclic) bond motifs is 3. The Hall–Kier alpha value is -5.40. The number of aromatic nitrogens is 4. The first kappa shape index (κ1) is 33.0. The molecule has 0 saturated carbocycles. The normalized spacial score (nSPS) is 22.2. The van der Waals surface area contributed by atoms with Crippen molar-refractivity contribution in [3.05, 3.63) is 94.2 Å². The Bertz CT molecular complexity index is 2410. The second-order valence-corrected chi connectivity index (χ2v) is 15.6. The van der Waals surface area contributed by atoms with Crippen molar-refractivity contribution in [2.24, 2.45) is 13.0 Å². The third-order valence-electron chi connectivity index (χ3n) is 11.5. The van der Waals surface area contributed by atoms with Gasteiger partial charge < -0.3 is 20.4 Å². The fraction of sp³-hybridized carbons (Fsp3) is 0.381. The number of hydrogen-bond acceptors (Lipinski definition) is 10. The lowest BCUT2D eigenvalue weighted by Gasteiger charge is -2.39. The zero-order chi connectivity index (χ0) is 39.5. The number of rotatable bonds is 7. The van der Waals surface area contributed by atoms with Gasteiger partial charge in [-0.25, -0.2) is 9.67 Å². The zero-order valence-electron chi connectivity index (χ0n) is 33.3. The Morgan fingerprint density at radius 2 is 1.69 bits per heavy atom. The summed E-state index contributed by atoms with van der Waals surface area (Å²) in [4.78, 5) is 41.2. The molecule has 9 rings (SSSR count). The Morgan fingerprint density at radius 1 is 0.909 bits per heavy atom. The van der Waals surface area contributed by atoms with Crippen LogP contribution in [0.15, 0.2) is 60.8 Å². The van der Waals surface area contributed by atoms with Crippen molar-refractivity contribution < 1.29 is 12.3 Å². The quantitative estimate of drug-likeness (QED) is 0.130. The third-order valence-corrected chi connectivity index (χ3v) is 12.1. The number of carbonyl (C=O) groups is 2. The number of hydrogen-bond donors (Lipinski definition) is 3. The molecule has 3 N–H and O–H groups in total. The van der Waals surface area contributed by atoms with E-state index in [0.717, 1.165) is 107 Å². The number of nitrogens with zero attached hydrogens (tertiary/aromatic N) is 7. The molecular weight excluding hydrogens is 709 g/mol. The fourth-order valence-corrected chi connectivity index (χ4v) is 8.80. The molecule has 0 aliphatic carbocycles. The molecule has 3 atom stereocenters. The molecule has 4 aliphatic heterocycles. The van der Waals surface area contributed by atoms with Gasteiger partial charge in [-0.2, -0.15) is 10.1 Å². The Kier molecular flexibility index (Phi) is 8.60. The van der Waals surface area contributed by atoms with Crippen molar-refractivity contribution in [1.82, 2.24) is 34.9 Å². The van der Waals surface area contributed by atoms with Crippen molar-refractivity contribution in [2.75, 3.05) is 35.2 Å². The smallest absolute Gasteiger partial charge is 0.243 e. The fourth-order valence-electron chi connectivity index (χ4n) is 8.41. The summed E-state index contributed by atoms with van der Waals surface area (Å²) in [7, 11) is 1.89. The Labute approximate surface area is 329 Å². The van der Waals surface area contributed by atoms with Crippen molar-refractivity contribution in [3.63, 3.8) is 0 Å². The highest BCUT2D eigenvalue weighted by Gasteiger charge is 2.35. The predicted molar refractivity (Wildman–Crippen MR) is 219 cm³/mol. The molecule has 2 fully saturated rings. The van der Waals surface area contributed by atoms with Crippen LogP contribution in [-0.4, -0.2) is 72.0 Å². The number of aryl methyl sites for hydroxylation is 3. The maximum atomic E-state index is 12.6. The molecule has 0 radical (unpaired) electrons. The van der Waals surface area contributed by atoms with Gasteiger partial charge in [0, 0.05) is 84.6 Å². The van der Waals surface area contributed by atoms with Gasteiger partial charge in [-0.1, -0.05) is 42.5 Å². The highest BCUT2D eigenvalue weighted by molar-refractivity contribution is 7.80.